The number of benzene rings is 3. The highest BCUT2D eigenvalue weighted by Crippen LogP contribution is 2.25. The van der Waals surface area contributed by atoms with Crippen LogP contribution in [0.3, 0.4) is 0 Å². The van der Waals surface area contributed by atoms with Crippen LogP contribution in [0.25, 0.3) is 17.1 Å². The molecular formula is C23H19ClN4O. The Hall–Kier alpha value is -3.44. The van der Waals surface area contributed by atoms with Crippen molar-refractivity contribution >= 4 is 23.2 Å². The molecule has 4 rings (SSSR count). The van der Waals surface area contributed by atoms with Crippen molar-refractivity contribution in [2.45, 2.75) is 13.8 Å². The molecule has 0 radical (unpaired) electrons. The molecule has 5 nitrogen and oxygen atoms in total. The normalized spacial score (nSPS) is 10.7. The van der Waals surface area contributed by atoms with E-state index in [2.05, 4.69) is 15.4 Å². The van der Waals surface area contributed by atoms with Crippen LogP contribution in [0.1, 0.15) is 21.7 Å². The first kappa shape index (κ1) is 18.9. The maximum absolute atomic E-state index is 12.8. The highest BCUT2D eigenvalue weighted by Gasteiger charge is 2.19. The SMILES string of the molecule is Cc1ccc(NC(=O)c2nc(-c3ccccc3)n(-c3ccc(C)c(Cl)c3)n2)cc1. The number of carbonyl (C=O) groups excluding carboxylic acids is 1. The first-order chi connectivity index (χ1) is 14.0. The first-order valence-corrected chi connectivity index (χ1v) is 9.56. The summed E-state index contributed by atoms with van der Waals surface area (Å²) < 4.78 is 1.64. The lowest BCUT2D eigenvalue weighted by molar-refractivity contribution is 0.101. The lowest BCUT2D eigenvalue weighted by Gasteiger charge is -2.07. The molecule has 1 aromatic heterocycles. The van der Waals surface area contributed by atoms with Crippen molar-refractivity contribution in [2.75, 3.05) is 5.32 Å². The molecule has 1 amide bonds. The fourth-order valence-corrected chi connectivity index (χ4v) is 3.07. The number of aryl methyl sites for hydroxylation is 2. The van der Waals surface area contributed by atoms with E-state index in [0.29, 0.717) is 16.5 Å². The maximum Gasteiger partial charge on any atom is 0.295 e. The van der Waals surface area contributed by atoms with E-state index in [1.165, 1.54) is 0 Å². The summed E-state index contributed by atoms with van der Waals surface area (Å²) in [7, 11) is 0. The van der Waals surface area contributed by atoms with E-state index in [9.17, 15) is 4.79 Å². The minimum Gasteiger partial charge on any atom is -0.319 e. The first-order valence-electron chi connectivity index (χ1n) is 9.18. The van der Waals surface area contributed by atoms with E-state index in [1.807, 2.05) is 86.6 Å². The van der Waals surface area contributed by atoms with Crippen molar-refractivity contribution in [3.8, 4) is 17.1 Å². The number of halogens is 1. The van der Waals surface area contributed by atoms with Gasteiger partial charge >= 0.3 is 0 Å². The van der Waals surface area contributed by atoms with Crippen LogP contribution in [-0.4, -0.2) is 20.7 Å². The highest BCUT2D eigenvalue weighted by atomic mass is 35.5. The Labute approximate surface area is 174 Å². The molecule has 3 aromatic carbocycles. The zero-order chi connectivity index (χ0) is 20.4. The molecule has 0 unspecified atom stereocenters. The number of rotatable bonds is 4. The second-order valence-electron chi connectivity index (χ2n) is 6.79. The van der Waals surface area contributed by atoms with Gasteiger partial charge in [0.15, 0.2) is 5.82 Å². The zero-order valence-electron chi connectivity index (χ0n) is 16.1. The van der Waals surface area contributed by atoms with Crippen LogP contribution in [0.15, 0.2) is 72.8 Å². The number of nitrogens with zero attached hydrogens (tertiary/aromatic N) is 3. The van der Waals surface area contributed by atoms with Crippen LogP contribution < -0.4 is 5.32 Å². The van der Waals surface area contributed by atoms with Gasteiger partial charge in [-0.05, 0) is 43.7 Å². The number of nitrogens with one attached hydrogen (secondary N) is 1. The molecule has 0 saturated heterocycles. The van der Waals surface area contributed by atoms with Gasteiger partial charge in [-0.15, -0.1) is 5.10 Å². The molecule has 1 N–H and O–H groups in total. The molecular weight excluding hydrogens is 384 g/mol. The molecule has 0 aliphatic heterocycles. The monoisotopic (exact) mass is 402 g/mol. The zero-order valence-corrected chi connectivity index (χ0v) is 16.8. The van der Waals surface area contributed by atoms with Crippen molar-refractivity contribution in [2.24, 2.45) is 0 Å². The molecule has 0 aliphatic rings. The minimum absolute atomic E-state index is 0.0844. The number of hydrogen-bond donors (Lipinski definition) is 1. The summed E-state index contributed by atoms with van der Waals surface area (Å²) in [6.07, 6.45) is 0. The summed E-state index contributed by atoms with van der Waals surface area (Å²) in [5, 5.41) is 7.95. The van der Waals surface area contributed by atoms with Gasteiger partial charge in [-0.25, -0.2) is 9.67 Å². The molecule has 0 aliphatic carbocycles. The van der Waals surface area contributed by atoms with Crippen molar-refractivity contribution in [1.29, 1.82) is 0 Å². The predicted octanol–water partition coefficient (Wildman–Crippen LogP) is 5.46. The number of aromatic nitrogens is 3. The van der Waals surface area contributed by atoms with E-state index in [0.717, 1.165) is 22.4 Å². The predicted molar refractivity (Wildman–Crippen MR) is 116 cm³/mol. The van der Waals surface area contributed by atoms with Crippen LogP contribution >= 0.6 is 11.6 Å². The Morgan fingerprint density at radius 3 is 2.38 bits per heavy atom. The van der Waals surface area contributed by atoms with Gasteiger partial charge in [0.05, 0.1) is 5.69 Å². The van der Waals surface area contributed by atoms with Gasteiger partial charge in [-0.1, -0.05) is 65.7 Å². The van der Waals surface area contributed by atoms with E-state index in [4.69, 9.17) is 11.6 Å². The van der Waals surface area contributed by atoms with E-state index >= 15 is 0 Å². The van der Waals surface area contributed by atoms with Gasteiger partial charge in [0, 0.05) is 16.3 Å². The average molecular weight is 403 g/mol. The van der Waals surface area contributed by atoms with Crippen LogP contribution in [0.2, 0.25) is 5.02 Å². The summed E-state index contributed by atoms with van der Waals surface area (Å²) in [5.41, 5.74) is 4.37. The van der Waals surface area contributed by atoms with E-state index in [1.54, 1.807) is 4.68 Å². The summed E-state index contributed by atoms with van der Waals surface area (Å²) >= 11 is 6.31. The second-order valence-corrected chi connectivity index (χ2v) is 7.20. The number of amides is 1. The lowest BCUT2D eigenvalue weighted by Crippen LogP contribution is -2.14. The summed E-state index contributed by atoms with van der Waals surface area (Å²) in [4.78, 5) is 17.3. The smallest absolute Gasteiger partial charge is 0.295 e. The van der Waals surface area contributed by atoms with Crippen LogP contribution in [0.4, 0.5) is 5.69 Å². The Morgan fingerprint density at radius 1 is 0.966 bits per heavy atom. The molecule has 1 heterocycles. The van der Waals surface area contributed by atoms with E-state index < -0.39 is 0 Å². The fourth-order valence-electron chi connectivity index (χ4n) is 2.90. The largest absolute Gasteiger partial charge is 0.319 e. The molecule has 0 fully saturated rings. The fraction of sp³-hybridized carbons (Fsp3) is 0.0870. The lowest BCUT2D eigenvalue weighted by atomic mass is 10.2. The number of carbonyl (C=O) groups is 1. The molecule has 0 spiro atoms. The van der Waals surface area contributed by atoms with Crippen molar-refractivity contribution in [3.63, 3.8) is 0 Å². The molecule has 4 aromatic rings. The summed E-state index contributed by atoms with van der Waals surface area (Å²) in [5.74, 6) is 0.281. The third-order valence-corrected chi connectivity index (χ3v) is 4.96. The quantitative estimate of drug-likeness (QED) is 0.493. The molecule has 6 heteroatoms. The minimum atomic E-state index is -0.372. The van der Waals surface area contributed by atoms with Crippen molar-refractivity contribution < 1.29 is 4.79 Å². The van der Waals surface area contributed by atoms with Crippen LogP contribution in [-0.2, 0) is 0 Å². The van der Waals surface area contributed by atoms with E-state index in [-0.39, 0.29) is 11.7 Å². The molecule has 29 heavy (non-hydrogen) atoms. The standard InChI is InChI=1S/C23H19ClN4O/c1-15-8-11-18(12-9-15)25-23(29)21-26-22(17-6-4-3-5-7-17)28(27-21)19-13-10-16(2)20(24)14-19/h3-14H,1-2H3,(H,25,29). The van der Waals surface area contributed by atoms with Gasteiger partial charge in [0.1, 0.15) is 0 Å². The second kappa shape index (κ2) is 7.89. The Balaban J connectivity index is 1.75. The highest BCUT2D eigenvalue weighted by molar-refractivity contribution is 6.31. The van der Waals surface area contributed by atoms with Gasteiger partial charge in [-0.3, -0.25) is 4.79 Å². The van der Waals surface area contributed by atoms with Gasteiger partial charge in [0.2, 0.25) is 5.82 Å². The maximum atomic E-state index is 12.8. The third-order valence-electron chi connectivity index (χ3n) is 4.55. The number of anilines is 1. The molecule has 0 atom stereocenters. The topological polar surface area (TPSA) is 59.8 Å². The molecule has 0 saturated carbocycles. The Kier molecular flexibility index (Phi) is 5.14. The van der Waals surface area contributed by atoms with Gasteiger partial charge in [0.25, 0.3) is 5.91 Å². The Morgan fingerprint density at radius 2 is 1.69 bits per heavy atom. The summed E-state index contributed by atoms with van der Waals surface area (Å²) in [6, 6.07) is 22.8. The van der Waals surface area contributed by atoms with Crippen molar-refractivity contribution in [3.05, 3.63) is 94.8 Å². The van der Waals surface area contributed by atoms with Crippen molar-refractivity contribution in [1.82, 2.24) is 14.8 Å². The molecule has 0 bridgehead atoms. The average Bonchev–Trinajstić information content (AvgIpc) is 3.18. The Bertz CT molecular complexity index is 1170. The van der Waals surface area contributed by atoms with Crippen LogP contribution in [0, 0.1) is 13.8 Å². The van der Waals surface area contributed by atoms with Crippen LogP contribution in [0.5, 0.6) is 0 Å². The molecule has 144 valence electrons. The van der Waals surface area contributed by atoms with Gasteiger partial charge in [-0.2, -0.15) is 0 Å². The number of hydrogen-bond acceptors (Lipinski definition) is 3. The van der Waals surface area contributed by atoms with Gasteiger partial charge < -0.3 is 5.32 Å². The summed E-state index contributed by atoms with van der Waals surface area (Å²) in [6.45, 7) is 3.93. The third kappa shape index (κ3) is 4.05.